The Morgan fingerprint density at radius 3 is 2.62 bits per heavy atom. The molecule has 2 nitrogen and oxygen atoms in total. The molecule has 0 bridgehead atoms. The summed E-state index contributed by atoms with van der Waals surface area (Å²) < 4.78 is 5.55. The molecule has 1 rings (SSSR count). The summed E-state index contributed by atoms with van der Waals surface area (Å²) in [6, 6.07) is 0.317. The van der Waals surface area contributed by atoms with Gasteiger partial charge in [-0.25, -0.2) is 4.99 Å². The molecule has 0 saturated heterocycles. The van der Waals surface area contributed by atoms with E-state index >= 15 is 0 Å². The Morgan fingerprint density at radius 1 is 1.62 bits per heavy atom. The molecular weight excluding hydrogens is 186 g/mol. The van der Waals surface area contributed by atoms with Crippen molar-refractivity contribution >= 4 is 17.5 Å². The Balaban J connectivity index is 2.69. The second kappa shape index (κ2) is 3.87. The summed E-state index contributed by atoms with van der Waals surface area (Å²) in [6.45, 7) is 9.15. The molecule has 1 aliphatic rings. The van der Waals surface area contributed by atoms with Gasteiger partial charge in [0.1, 0.15) is 6.61 Å². The molecule has 0 aromatic heterocycles. The fraction of sp³-hybridized carbons (Fsp3) is 0.900. The van der Waals surface area contributed by atoms with Crippen LogP contribution in [0.4, 0.5) is 0 Å². The van der Waals surface area contributed by atoms with Gasteiger partial charge in [0.05, 0.1) is 11.5 Å². The van der Waals surface area contributed by atoms with E-state index in [0.717, 1.165) is 5.90 Å². The summed E-state index contributed by atoms with van der Waals surface area (Å²) in [5, 5.41) is 0. The van der Waals surface area contributed by atoms with Crippen molar-refractivity contribution in [2.24, 2.45) is 16.3 Å². The molecule has 0 N–H and O–H groups in total. The minimum absolute atomic E-state index is 0.120. The van der Waals surface area contributed by atoms with Crippen LogP contribution in [0.15, 0.2) is 4.99 Å². The van der Waals surface area contributed by atoms with Crippen LogP contribution < -0.4 is 0 Å². The normalized spacial score (nSPS) is 23.2. The number of aliphatic imine (C=N–C) groups is 1. The number of rotatable bonds is 3. The summed E-state index contributed by atoms with van der Waals surface area (Å²) >= 11 is 5.84. The molecule has 1 aliphatic heterocycles. The van der Waals surface area contributed by atoms with Crippen LogP contribution in [0.2, 0.25) is 0 Å². The maximum atomic E-state index is 5.84. The summed E-state index contributed by atoms with van der Waals surface area (Å²) in [6.07, 6.45) is 0. The van der Waals surface area contributed by atoms with Gasteiger partial charge in [0.15, 0.2) is 5.90 Å². The highest BCUT2D eigenvalue weighted by molar-refractivity contribution is 6.19. The highest BCUT2D eigenvalue weighted by atomic mass is 35.5. The third kappa shape index (κ3) is 2.37. The minimum Gasteiger partial charge on any atom is -0.478 e. The predicted octanol–water partition coefficient (Wildman–Crippen LogP) is 2.70. The highest BCUT2D eigenvalue weighted by Crippen LogP contribution is 2.26. The largest absolute Gasteiger partial charge is 0.478 e. The van der Waals surface area contributed by atoms with Crippen molar-refractivity contribution in [2.45, 2.75) is 33.7 Å². The van der Waals surface area contributed by atoms with Gasteiger partial charge in [-0.3, -0.25) is 0 Å². The third-order valence-corrected chi connectivity index (χ3v) is 3.02. The minimum atomic E-state index is -0.120. The first-order chi connectivity index (χ1) is 5.97. The molecule has 76 valence electrons. The van der Waals surface area contributed by atoms with Gasteiger partial charge in [-0.2, -0.15) is 0 Å². The van der Waals surface area contributed by atoms with Gasteiger partial charge in [-0.1, -0.05) is 13.8 Å². The molecule has 1 heterocycles. The van der Waals surface area contributed by atoms with Gasteiger partial charge in [-0.15, -0.1) is 11.6 Å². The lowest BCUT2D eigenvalue weighted by Gasteiger charge is -2.19. The maximum Gasteiger partial charge on any atom is 0.190 e. The van der Waals surface area contributed by atoms with Crippen LogP contribution in [0.5, 0.6) is 0 Å². The van der Waals surface area contributed by atoms with Crippen LogP contribution in [0.1, 0.15) is 27.7 Å². The van der Waals surface area contributed by atoms with Gasteiger partial charge in [-0.05, 0) is 19.8 Å². The van der Waals surface area contributed by atoms with Crippen molar-refractivity contribution in [2.75, 3.05) is 12.5 Å². The Bertz CT molecular complexity index is 211. The first-order valence-electron chi connectivity index (χ1n) is 4.74. The predicted molar refractivity (Wildman–Crippen MR) is 56.5 cm³/mol. The Morgan fingerprint density at radius 2 is 2.23 bits per heavy atom. The fourth-order valence-corrected chi connectivity index (χ4v) is 1.27. The van der Waals surface area contributed by atoms with Gasteiger partial charge < -0.3 is 4.74 Å². The van der Waals surface area contributed by atoms with Crippen LogP contribution in [-0.2, 0) is 4.74 Å². The van der Waals surface area contributed by atoms with E-state index in [9.17, 15) is 0 Å². The molecule has 0 aromatic carbocycles. The van der Waals surface area contributed by atoms with Gasteiger partial charge in [0.25, 0.3) is 0 Å². The molecule has 0 saturated carbocycles. The quantitative estimate of drug-likeness (QED) is 0.647. The van der Waals surface area contributed by atoms with E-state index in [1.54, 1.807) is 0 Å². The molecule has 0 amide bonds. The van der Waals surface area contributed by atoms with Crippen molar-refractivity contribution in [1.82, 2.24) is 0 Å². The monoisotopic (exact) mass is 203 g/mol. The molecule has 0 aromatic rings. The van der Waals surface area contributed by atoms with E-state index in [-0.39, 0.29) is 5.41 Å². The third-order valence-electron chi connectivity index (χ3n) is 2.36. The lowest BCUT2D eigenvalue weighted by atomic mass is 9.96. The van der Waals surface area contributed by atoms with E-state index in [1.165, 1.54) is 0 Å². The number of ether oxygens (including phenoxy) is 1. The molecule has 0 unspecified atom stereocenters. The van der Waals surface area contributed by atoms with Gasteiger partial charge >= 0.3 is 0 Å². The zero-order valence-electron chi connectivity index (χ0n) is 8.80. The van der Waals surface area contributed by atoms with E-state index in [0.29, 0.717) is 24.4 Å². The van der Waals surface area contributed by atoms with E-state index in [1.807, 2.05) is 0 Å². The summed E-state index contributed by atoms with van der Waals surface area (Å²) in [5.41, 5.74) is -0.120. The molecule has 0 aliphatic carbocycles. The second-order valence-electron chi connectivity index (χ2n) is 4.57. The van der Waals surface area contributed by atoms with Crippen LogP contribution in [-0.4, -0.2) is 24.4 Å². The first kappa shape index (κ1) is 10.8. The van der Waals surface area contributed by atoms with Crippen molar-refractivity contribution in [3.63, 3.8) is 0 Å². The molecule has 1 atom stereocenters. The fourth-order valence-electron chi connectivity index (χ4n) is 1.16. The zero-order chi connectivity index (χ0) is 10.1. The van der Waals surface area contributed by atoms with Crippen LogP contribution in [0, 0.1) is 11.3 Å². The number of hydrogen-bond donors (Lipinski definition) is 0. The van der Waals surface area contributed by atoms with Crippen molar-refractivity contribution in [3.8, 4) is 0 Å². The highest BCUT2D eigenvalue weighted by Gasteiger charge is 2.32. The average molecular weight is 204 g/mol. The van der Waals surface area contributed by atoms with Gasteiger partial charge in [0.2, 0.25) is 0 Å². The number of alkyl halides is 1. The zero-order valence-corrected chi connectivity index (χ0v) is 9.56. The Labute approximate surface area is 85.3 Å². The van der Waals surface area contributed by atoms with Crippen molar-refractivity contribution in [1.29, 1.82) is 0 Å². The SMILES string of the molecule is CC(C)[C@H]1COC(C(C)(C)CCl)=N1. The second-order valence-corrected chi connectivity index (χ2v) is 4.84. The lowest BCUT2D eigenvalue weighted by Crippen LogP contribution is -2.26. The lowest BCUT2D eigenvalue weighted by molar-refractivity contribution is 0.266. The molecule has 3 heteroatoms. The standard InChI is InChI=1S/C10H18ClNO/c1-7(2)8-5-13-9(12-8)10(3,4)6-11/h7-8H,5-6H2,1-4H3/t8-/m1/s1. The molecular formula is C10H18ClNO. The maximum absolute atomic E-state index is 5.84. The summed E-state index contributed by atoms with van der Waals surface area (Å²) in [7, 11) is 0. The van der Waals surface area contributed by atoms with E-state index in [2.05, 4.69) is 32.7 Å². The van der Waals surface area contributed by atoms with Crippen molar-refractivity contribution < 1.29 is 4.74 Å². The topological polar surface area (TPSA) is 21.6 Å². The molecule has 0 radical (unpaired) electrons. The summed E-state index contributed by atoms with van der Waals surface area (Å²) in [4.78, 5) is 4.54. The van der Waals surface area contributed by atoms with Crippen molar-refractivity contribution in [3.05, 3.63) is 0 Å². The van der Waals surface area contributed by atoms with Crippen LogP contribution in [0.3, 0.4) is 0 Å². The molecule has 0 spiro atoms. The van der Waals surface area contributed by atoms with Gasteiger partial charge in [0, 0.05) is 5.88 Å². The van der Waals surface area contributed by atoms with E-state index < -0.39 is 0 Å². The average Bonchev–Trinajstić information content (AvgIpc) is 2.52. The molecule has 13 heavy (non-hydrogen) atoms. The van der Waals surface area contributed by atoms with Crippen LogP contribution >= 0.6 is 11.6 Å². The molecule has 0 fully saturated rings. The van der Waals surface area contributed by atoms with E-state index in [4.69, 9.17) is 16.3 Å². The number of halogens is 1. The first-order valence-corrected chi connectivity index (χ1v) is 5.28. The Kier molecular flexibility index (Phi) is 3.23. The van der Waals surface area contributed by atoms with Crippen LogP contribution in [0.25, 0.3) is 0 Å². The summed E-state index contributed by atoms with van der Waals surface area (Å²) in [5.74, 6) is 1.92. The number of hydrogen-bond acceptors (Lipinski definition) is 2. The Hall–Kier alpha value is -0.240. The smallest absolute Gasteiger partial charge is 0.190 e. The number of nitrogens with zero attached hydrogens (tertiary/aromatic N) is 1.